The molecule has 0 atom stereocenters. The Bertz CT molecular complexity index is 731. The van der Waals surface area contributed by atoms with Crippen molar-refractivity contribution in [1.29, 1.82) is 0 Å². The van der Waals surface area contributed by atoms with Crippen LogP contribution < -0.4 is 10.1 Å². The Labute approximate surface area is 147 Å². The summed E-state index contributed by atoms with van der Waals surface area (Å²) in [6.45, 7) is 2.97. The molecule has 1 aromatic carbocycles. The smallest absolute Gasteiger partial charge is 0.337 e. The number of esters is 1. The molecule has 0 aliphatic heterocycles. The van der Waals surface area contributed by atoms with Crippen LogP contribution in [-0.2, 0) is 11.3 Å². The molecule has 6 nitrogen and oxygen atoms in total. The van der Waals surface area contributed by atoms with E-state index >= 15 is 0 Å². The molecule has 1 N–H and O–H groups in total. The van der Waals surface area contributed by atoms with E-state index in [1.54, 1.807) is 30.5 Å². The van der Waals surface area contributed by atoms with Crippen molar-refractivity contribution in [3.8, 4) is 5.88 Å². The first-order chi connectivity index (χ1) is 12.2. The zero-order chi connectivity index (χ0) is 18.1. The summed E-state index contributed by atoms with van der Waals surface area (Å²) >= 11 is 0. The van der Waals surface area contributed by atoms with E-state index in [1.165, 1.54) is 13.2 Å². The number of methoxy groups -OCH3 is 1. The lowest BCUT2D eigenvalue weighted by molar-refractivity contribution is 0.0600. The van der Waals surface area contributed by atoms with Gasteiger partial charge in [0.05, 0.1) is 19.3 Å². The SMILES string of the molecule is CCCCOc1ncccc1CNC(=O)c1cccc(C(=O)OC)c1. The van der Waals surface area contributed by atoms with Gasteiger partial charge in [-0.15, -0.1) is 0 Å². The van der Waals surface area contributed by atoms with E-state index in [-0.39, 0.29) is 12.5 Å². The summed E-state index contributed by atoms with van der Waals surface area (Å²) in [5, 5.41) is 2.82. The second kappa shape index (κ2) is 9.42. The first kappa shape index (κ1) is 18.4. The van der Waals surface area contributed by atoms with Crippen LogP contribution in [0.5, 0.6) is 5.88 Å². The number of carbonyl (C=O) groups excluding carboxylic acids is 2. The van der Waals surface area contributed by atoms with Crippen molar-refractivity contribution in [2.24, 2.45) is 0 Å². The Hall–Kier alpha value is -2.89. The van der Waals surface area contributed by atoms with Crippen LogP contribution in [-0.4, -0.2) is 30.6 Å². The fourth-order valence-electron chi connectivity index (χ4n) is 2.18. The number of benzene rings is 1. The minimum Gasteiger partial charge on any atom is -0.477 e. The number of rotatable bonds is 8. The summed E-state index contributed by atoms with van der Waals surface area (Å²) in [7, 11) is 1.30. The van der Waals surface area contributed by atoms with Gasteiger partial charge < -0.3 is 14.8 Å². The van der Waals surface area contributed by atoms with E-state index in [9.17, 15) is 9.59 Å². The molecular formula is C19H22N2O4. The molecule has 0 unspecified atom stereocenters. The highest BCUT2D eigenvalue weighted by Gasteiger charge is 2.12. The van der Waals surface area contributed by atoms with Gasteiger partial charge in [0.1, 0.15) is 0 Å². The van der Waals surface area contributed by atoms with Gasteiger partial charge in [-0.25, -0.2) is 9.78 Å². The van der Waals surface area contributed by atoms with Crippen LogP contribution in [0.2, 0.25) is 0 Å². The molecule has 1 aromatic heterocycles. The third-order valence-electron chi connectivity index (χ3n) is 3.57. The van der Waals surface area contributed by atoms with Crippen LogP contribution in [0, 0.1) is 0 Å². The maximum Gasteiger partial charge on any atom is 0.337 e. The third-order valence-corrected chi connectivity index (χ3v) is 3.57. The van der Waals surface area contributed by atoms with Crippen molar-refractivity contribution >= 4 is 11.9 Å². The Morgan fingerprint density at radius 1 is 1.16 bits per heavy atom. The number of nitrogens with zero attached hydrogens (tertiary/aromatic N) is 1. The zero-order valence-corrected chi connectivity index (χ0v) is 14.5. The molecule has 0 saturated carbocycles. The zero-order valence-electron chi connectivity index (χ0n) is 14.5. The van der Waals surface area contributed by atoms with Crippen LogP contribution in [0.3, 0.4) is 0 Å². The molecule has 0 aliphatic carbocycles. The van der Waals surface area contributed by atoms with Crippen LogP contribution >= 0.6 is 0 Å². The first-order valence-electron chi connectivity index (χ1n) is 8.19. The quantitative estimate of drug-likeness (QED) is 0.589. The molecular weight excluding hydrogens is 320 g/mol. The Balaban J connectivity index is 2.02. The van der Waals surface area contributed by atoms with Gasteiger partial charge in [-0.3, -0.25) is 4.79 Å². The van der Waals surface area contributed by atoms with Gasteiger partial charge in [-0.2, -0.15) is 0 Å². The van der Waals surface area contributed by atoms with E-state index in [4.69, 9.17) is 4.74 Å². The van der Waals surface area contributed by atoms with Gasteiger partial charge >= 0.3 is 5.97 Å². The highest BCUT2D eigenvalue weighted by Crippen LogP contribution is 2.15. The molecule has 6 heteroatoms. The lowest BCUT2D eigenvalue weighted by atomic mass is 10.1. The highest BCUT2D eigenvalue weighted by atomic mass is 16.5. The van der Waals surface area contributed by atoms with E-state index < -0.39 is 5.97 Å². The highest BCUT2D eigenvalue weighted by molar-refractivity contribution is 5.97. The van der Waals surface area contributed by atoms with Crippen molar-refractivity contribution < 1.29 is 19.1 Å². The maximum absolute atomic E-state index is 12.3. The average molecular weight is 342 g/mol. The second-order valence-corrected chi connectivity index (χ2v) is 5.42. The Morgan fingerprint density at radius 3 is 2.72 bits per heavy atom. The predicted molar refractivity (Wildman–Crippen MR) is 93.6 cm³/mol. The van der Waals surface area contributed by atoms with Crippen molar-refractivity contribution in [1.82, 2.24) is 10.3 Å². The monoisotopic (exact) mass is 342 g/mol. The molecule has 25 heavy (non-hydrogen) atoms. The number of aromatic nitrogens is 1. The van der Waals surface area contributed by atoms with Crippen LogP contribution in [0.25, 0.3) is 0 Å². The topological polar surface area (TPSA) is 77.5 Å². The Kier molecular flexibility index (Phi) is 6.95. The third kappa shape index (κ3) is 5.31. The van der Waals surface area contributed by atoms with Gasteiger partial charge in [0.2, 0.25) is 5.88 Å². The van der Waals surface area contributed by atoms with Crippen molar-refractivity contribution in [2.45, 2.75) is 26.3 Å². The number of hydrogen-bond acceptors (Lipinski definition) is 5. The molecule has 2 aromatic rings. The number of unbranched alkanes of at least 4 members (excludes halogenated alkanes) is 1. The standard InChI is InChI=1S/C19H22N2O4/c1-3-4-11-25-18-16(9-6-10-20-18)13-21-17(22)14-7-5-8-15(12-14)19(23)24-2/h5-10,12H,3-4,11,13H2,1-2H3,(H,21,22). The maximum atomic E-state index is 12.3. The lowest BCUT2D eigenvalue weighted by Gasteiger charge is -2.11. The van der Waals surface area contributed by atoms with Gasteiger partial charge in [-0.05, 0) is 30.7 Å². The summed E-state index contributed by atoms with van der Waals surface area (Å²) in [6, 6.07) is 10.0. The van der Waals surface area contributed by atoms with Gasteiger partial charge in [0.15, 0.2) is 0 Å². The normalized spacial score (nSPS) is 10.2. The molecule has 1 heterocycles. The van der Waals surface area contributed by atoms with E-state index in [0.29, 0.717) is 23.6 Å². The second-order valence-electron chi connectivity index (χ2n) is 5.42. The molecule has 2 rings (SSSR count). The fourth-order valence-corrected chi connectivity index (χ4v) is 2.18. The predicted octanol–water partition coefficient (Wildman–Crippen LogP) is 2.98. The minimum atomic E-state index is -0.478. The molecule has 0 fully saturated rings. The lowest BCUT2D eigenvalue weighted by Crippen LogP contribution is -2.23. The number of amides is 1. The summed E-state index contributed by atoms with van der Waals surface area (Å²) in [6.07, 6.45) is 3.64. The minimum absolute atomic E-state index is 0.283. The molecule has 0 radical (unpaired) electrons. The van der Waals surface area contributed by atoms with Gasteiger partial charge in [-0.1, -0.05) is 25.5 Å². The number of ether oxygens (including phenoxy) is 2. The number of nitrogens with one attached hydrogen (secondary N) is 1. The van der Waals surface area contributed by atoms with Gasteiger partial charge in [0, 0.05) is 23.9 Å². The van der Waals surface area contributed by atoms with Crippen molar-refractivity contribution in [3.05, 3.63) is 59.3 Å². The molecule has 0 spiro atoms. The number of carbonyl (C=O) groups is 2. The summed E-state index contributed by atoms with van der Waals surface area (Å²) in [5.74, 6) is -0.234. The summed E-state index contributed by atoms with van der Waals surface area (Å²) in [5.41, 5.74) is 1.52. The molecule has 0 bridgehead atoms. The molecule has 0 saturated heterocycles. The number of pyridine rings is 1. The van der Waals surface area contributed by atoms with Crippen molar-refractivity contribution in [2.75, 3.05) is 13.7 Å². The molecule has 0 aliphatic rings. The van der Waals surface area contributed by atoms with Crippen LogP contribution in [0.4, 0.5) is 0 Å². The van der Waals surface area contributed by atoms with Gasteiger partial charge in [0.25, 0.3) is 5.91 Å². The average Bonchev–Trinajstić information content (AvgIpc) is 2.66. The summed E-state index contributed by atoms with van der Waals surface area (Å²) in [4.78, 5) is 28.1. The number of hydrogen-bond donors (Lipinski definition) is 1. The molecule has 1 amide bonds. The largest absolute Gasteiger partial charge is 0.477 e. The van der Waals surface area contributed by atoms with Crippen molar-refractivity contribution in [3.63, 3.8) is 0 Å². The van der Waals surface area contributed by atoms with E-state index in [1.807, 2.05) is 6.07 Å². The van der Waals surface area contributed by atoms with Crippen LogP contribution in [0.1, 0.15) is 46.0 Å². The first-order valence-corrected chi connectivity index (χ1v) is 8.19. The molecule has 132 valence electrons. The Morgan fingerprint density at radius 2 is 1.96 bits per heavy atom. The van der Waals surface area contributed by atoms with E-state index in [0.717, 1.165) is 18.4 Å². The van der Waals surface area contributed by atoms with Crippen LogP contribution in [0.15, 0.2) is 42.6 Å². The van der Waals surface area contributed by atoms with E-state index in [2.05, 4.69) is 22.0 Å². The fraction of sp³-hybridized carbons (Fsp3) is 0.316. The summed E-state index contributed by atoms with van der Waals surface area (Å²) < 4.78 is 10.3.